The first-order chi connectivity index (χ1) is 4.21. The minimum absolute atomic E-state index is 0.593. The van der Waals surface area contributed by atoms with Crippen molar-refractivity contribution in [3.63, 3.8) is 0 Å². The summed E-state index contributed by atoms with van der Waals surface area (Å²) in [6.07, 6.45) is 3.02. The van der Waals surface area contributed by atoms with Gasteiger partial charge in [-0.1, -0.05) is 0 Å². The van der Waals surface area contributed by atoms with E-state index in [-0.39, 0.29) is 0 Å². The molecule has 0 N–H and O–H groups in total. The predicted molar refractivity (Wildman–Crippen MR) is 36.2 cm³/mol. The molecule has 1 aliphatic carbocycles. The molecule has 0 radical (unpaired) electrons. The van der Waals surface area contributed by atoms with Crippen LogP contribution in [0.4, 0.5) is 0 Å². The van der Waals surface area contributed by atoms with Crippen LogP contribution in [0.5, 0.6) is 0 Å². The molecule has 4 fully saturated rings. The molecule has 0 aromatic heterocycles. The molecule has 4 bridgehead atoms. The summed E-state index contributed by atoms with van der Waals surface area (Å²) in [4.78, 5) is 2.71. The van der Waals surface area contributed by atoms with Crippen LogP contribution in [0.3, 0.4) is 0 Å². The largest absolute Gasteiger partial charge is 0.289 e. The summed E-state index contributed by atoms with van der Waals surface area (Å²) in [7, 11) is 0. The maximum atomic E-state index is 2.71. The minimum Gasteiger partial charge on any atom is -0.289 e. The lowest BCUT2D eigenvalue weighted by molar-refractivity contribution is 0.280. The average molecular weight is 123 g/mol. The lowest BCUT2D eigenvalue weighted by Gasteiger charge is -2.22. The lowest BCUT2D eigenvalue weighted by atomic mass is 9.91. The summed E-state index contributed by atoms with van der Waals surface area (Å²) in [5.74, 6) is 1.05. The highest BCUT2D eigenvalue weighted by Crippen LogP contribution is 2.63. The van der Waals surface area contributed by atoms with E-state index in [1.807, 2.05) is 0 Å². The molecule has 2 atom stereocenters. The van der Waals surface area contributed by atoms with E-state index in [2.05, 4.69) is 18.7 Å². The molecule has 3 heterocycles. The molecule has 4 aliphatic rings. The molecule has 1 heteroatoms. The fourth-order valence-electron chi connectivity index (χ4n) is 3.20. The van der Waals surface area contributed by atoms with Crippen molar-refractivity contribution in [2.45, 2.75) is 44.3 Å². The molecule has 0 aromatic carbocycles. The molecule has 0 aromatic rings. The van der Waals surface area contributed by atoms with Gasteiger partial charge < -0.3 is 0 Å². The highest BCUT2D eigenvalue weighted by atomic mass is 15.5. The fraction of sp³-hybridized carbons (Fsp3) is 1.00. The molecule has 0 spiro atoms. The second-order valence-electron chi connectivity index (χ2n) is 4.36. The van der Waals surface area contributed by atoms with Crippen LogP contribution in [0.2, 0.25) is 0 Å². The van der Waals surface area contributed by atoms with Crippen molar-refractivity contribution in [3.05, 3.63) is 0 Å². The van der Waals surface area contributed by atoms with Crippen LogP contribution < -0.4 is 0 Å². The van der Waals surface area contributed by atoms with E-state index < -0.39 is 0 Å². The summed E-state index contributed by atoms with van der Waals surface area (Å²) in [6, 6.07) is 2.06. The molecule has 4 rings (SSSR count). The second kappa shape index (κ2) is 0.968. The zero-order valence-corrected chi connectivity index (χ0v) is 6.09. The van der Waals surface area contributed by atoms with Crippen molar-refractivity contribution in [3.8, 4) is 0 Å². The third-order valence-corrected chi connectivity index (χ3v) is 3.79. The lowest BCUT2D eigenvalue weighted by Crippen LogP contribution is -2.29. The number of piperidine rings is 3. The molecule has 1 saturated carbocycles. The predicted octanol–water partition coefficient (Wildman–Crippen LogP) is 1.24. The minimum atomic E-state index is 0.593. The van der Waals surface area contributed by atoms with Gasteiger partial charge in [0.15, 0.2) is 0 Å². The normalized spacial score (nSPS) is 64.7. The Hall–Kier alpha value is -0.0400. The summed E-state index contributed by atoms with van der Waals surface area (Å²) in [6.45, 7) is 4.81. The third kappa shape index (κ3) is 0.315. The summed E-state index contributed by atoms with van der Waals surface area (Å²) < 4.78 is 0. The Morgan fingerprint density at radius 3 is 1.89 bits per heavy atom. The molecule has 3 saturated heterocycles. The Bertz CT molecular complexity index is 157. The van der Waals surface area contributed by atoms with Crippen molar-refractivity contribution in [2.24, 2.45) is 5.92 Å². The van der Waals surface area contributed by atoms with E-state index >= 15 is 0 Å². The number of nitrogens with zero attached hydrogens (tertiary/aromatic N) is 1. The Morgan fingerprint density at radius 1 is 1.22 bits per heavy atom. The summed E-state index contributed by atoms with van der Waals surface area (Å²) in [5.41, 5.74) is 0.593. The molecule has 2 unspecified atom stereocenters. The van der Waals surface area contributed by atoms with E-state index in [1.54, 1.807) is 0 Å². The Kier molecular flexibility index (Phi) is 0.508. The molecule has 9 heavy (non-hydrogen) atoms. The van der Waals surface area contributed by atoms with Crippen molar-refractivity contribution in [1.29, 1.82) is 0 Å². The topological polar surface area (TPSA) is 3.01 Å². The Morgan fingerprint density at radius 2 is 1.78 bits per heavy atom. The maximum absolute atomic E-state index is 2.71. The maximum Gasteiger partial charge on any atom is 0.0264 e. The van der Waals surface area contributed by atoms with Gasteiger partial charge in [-0.15, -0.1) is 0 Å². The van der Waals surface area contributed by atoms with Gasteiger partial charge in [-0.05, 0) is 32.6 Å². The van der Waals surface area contributed by atoms with E-state index in [1.165, 1.54) is 12.8 Å². The molecule has 0 amide bonds. The van der Waals surface area contributed by atoms with E-state index in [0.29, 0.717) is 5.54 Å². The number of hydrogen-bond donors (Lipinski definition) is 0. The van der Waals surface area contributed by atoms with Gasteiger partial charge in [0.05, 0.1) is 0 Å². The van der Waals surface area contributed by atoms with Crippen LogP contribution in [0.15, 0.2) is 0 Å². The highest BCUT2D eigenvalue weighted by Gasteiger charge is 2.70. The van der Waals surface area contributed by atoms with E-state index in [4.69, 9.17) is 0 Å². The van der Waals surface area contributed by atoms with Gasteiger partial charge in [-0.3, -0.25) is 4.90 Å². The van der Waals surface area contributed by atoms with Crippen molar-refractivity contribution >= 4 is 0 Å². The Labute approximate surface area is 56.0 Å². The van der Waals surface area contributed by atoms with Crippen molar-refractivity contribution < 1.29 is 0 Å². The molecule has 1 nitrogen and oxygen atoms in total. The first-order valence-electron chi connectivity index (χ1n) is 4.00. The fourth-order valence-corrected chi connectivity index (χ4v) is 3.20. The smallest absolute Gasteiger partial charge is 0.0264 e. The molecular weight excluding hydrogens is 110 g/mol. The van der Waals surface area contributed by atoms with Crippen LogP contribution in [0.25, 0.3) is 0 Å². The summed E-state index contributed by atoms with van der Waals surface area (Å²) in [5, 5.41) is 0. The number of rotatable bonds is 0. The Balaban J connectivity index is 2.12. The molecule has 50 valence electrons. The zero-order chi connectivity index (χ0) is 6.22. The van der Waals surface area contributed by atoms with Crippen LogP contribution in [-0.4, -0.2) is 22.5 Å². The van der Waals surface area contributed by atoms with Crippen LogP contribution in [-0.2, 0) is 0 Å². The first kappa shape index (κ1) is 4.73. The zero-order valence-electron chi connectivity index (χ0n) is 6.09. The molecular formula is C8H13N. The van der Waals surface area contributed by atoms with Gasteiger partial charge in [-0.2, -0.15) is 0 Å². The standard InChI is InChI=1S/C8H13N/c1-8(2)5-3-6-7(4-5)9(6)8/h5-7H,3-4H2,1-2H3. The van der Waals surface area contributed by atoms with Crippen LogP contribution in [0, 0.1) is 5.92 Å². The first-order valence-corrected chi connectivity index (χ1v) is 4.00. The second-order valence-corrected chi connectivity index (χ2v) is 4.36. The van der Waals surface area contributed by atoms with Gasteiger partial charge in [0, 0.05) is 17.6 Å². The van der Waals surface area contributed by atoms with Gasteiger partial charge in [0.25, 0.3) is 0 Å². The van der Waals surface area contributed by atoms with Crippen molar-refractivity contribution in [1.82, 2.24) is 4.90 Å². The SMILES string of the molecule is CC1(C)C2CC3C(C2)N31. The number of hydrogen-bond acceptors (Lipinski definition) is 1. The van der Waals surface area contributed by atoms with E-state index in [9.17, 15) is 0 Å². The third-order valence-electron chi connectivity index (χ3n) is 3.79. The van der Waals surface area contributed by atoms with Gasteiger partial charge >= 0.3 is 0 Å². The molecule has 3 aliphatic heterocycles. The van der Waals surface area contributed by atoms with Crippen LogP contribution in [0.1, 0.15) is 26.7 Å². The van der Waals surface area contributed by atoms with Crippen molar-refractivity contribution in [2.75, 3.05) is 0 Å². The van der Waals surface area contributed by atoms with Gasteiger partial charge in [0.1, 0.15) is 0 Å². The van der Waals surface area contributed by atoms with Gasteiger partial charge in [-0.25, -0.2) is 0 Å². The van der Waals surface area contributed by atoms with E-state index in [0.717, 1.165) is 18.0 Å². The average Bonchev–Trinajstić information content (AvgIpc) is 2.17. The highest BCUT2D eigenvalue weighted by molar-refractivity contribution is 5.25. The van der Waals surface area contributed by atoms with Crippen LogP contribution >= 0.6 is 0 Å². The summed E-state index contributed by atoms with van der Waals surface area (Å²) >= 11 is 0. The van der Waals surface area contributed by atoms with Gasteiger partial charge in [0.2, 0.25) is 0 Å². The quantitative estimate of drug-likeness (QED) is 0.438. The monoisotopic (exact) mass is 123 g/mol.